The number of aliphatic hydroxyl groups excluding tert-OH is 1. The minimum Gasteiger partial charge on any atom is -0.460 e. The van der Waals surface area contributed by atoms with Crippen LogP contribution in [-0.4, -0.2) is 81.8 Å². The van der Waals surface area contributed by atoms with Gasteiger partial charge in [0.15, 0.2) is 11.6 Å². The number of anilines is 1. The molecule has 2 bridgehead atoms. The summed E-state index contributed by atoms with van der Waals surface area (Å²) in [4.78, 5) is 62.0. The molecule has 48 heavy (non-hydrogen) atoms. The predicted molar refractivity (Wildman–Crippen MR) is 176 cm³/mol. The van der Waals surface area contributed by atoms with E-state index in [1.54, 1.807) is 56.4 Å². The molecule has 0 aliphatic carbocycles. The lowest BCUT2D eigenvalue weighted by Gasteiger charge is -2.30. The molecule has 5 atom stereocenters. The predicted octanol–water partition coefficient (Wildman–Crippen LogP) is 4.15. The molecular formula is C35H43N5O8. The van der Waals surface area contributed by atoms with Crippen molar-refractivity contribution < 1.29 is 38.2 Å². The number of oxazole rings is 1. The van der Waals surface area contributed by atoms with Crippen molar-refractivity contribution in [2.24, 2.45) is 11.8 Å². The van der Waals surface area contributed by atoms with Crippen molar-refractivity contribution in [1.82, 2.24) is 20.2 Å². The average Bonchev–Trinajstić information content (AvgIpc) is 3.73. The second-order valence-electron chi connectivity index (χ2n) is 12.1. The first-order valence-electron chi connectivity index (χ1n) is 16.0. The molecule has 0 saturated carbocycles. The van der Waals surface area contributed by atoms with Crippen molar-refractivity contribution in [3.63, 3.8) is 0 Å². The fourth-order valence-corrected chi connectivity index (χ4v) is 5.54. The third kappa shape index (κ3) is 10.5. The van der Waals surface area contributed by atoms with Crippen molar-refractivity contribution in [2.75, 3.05) is 25.0 Å². The fraction of sp³-hybridized carbons (Fsp3) is 0.429. The Labute approximate surface area is 279 Å². The van der Waals surface area contributed by atoms with Gasteiger partial charge in [0.1, 0.15) is 24.2 Å². The van der Waals surface area contributed by atoms with E-state index in [0.717, 1.165) is 5.57 Å². The minimum absolute atomic E-state index is 0.0527. The number of hydrogen-bond donors (Lipinski definition) is 3. The SMILES string of the molecule is C=C1Cc2nc(co2)C(=O)N2CCC[C@@H]2C(=O)O[C@H]([C@@H](C)COC(=O)Nc2ccccn2)[C@H](C)/C=C/C(=O)NC/C=C/C(C)=C/[C@@H](O)C1. The molecule has 4 rings (SSSR count). The number of esters is 1. The topological polar surface area (TPSA) is 173 Å². The average molecular weight is 662 g/mol. The summed E-state index contributed by atoms with van der Waals surface area (Å²) in [6.07, 6.45) is 10.1. The molecule has 3 amide bonds. The van der Waals surface area contributed by atoms with Gasteiger partial charge < -0.3 is 29.2 Å². The molecule has 0 radical (unpaired) electrons. The molecule has 0 aromatic carbocycles. The summed E-state index contributed by atoms with van der Waals surface area (Å²) in [6, 6.07) is 4.19. The molecule has 13 nitrogen and oxygen atoms in total. The van der Waals surface area contributed by atoms with E-state index in [1.807, 2.05) is 6.92 Å². The minimum atomic E-state index is -0.867. The first-order valence-corrected chi connectivity index (χ1v) is 16.0. The van der Waals surface area contributed by atoms with Gasteiger partial charge in [0, 0.05) is 37.5 Å². The number of aromatic nitrogens is 2. The summed E-state index contributed by atoms with van der Waals surface area (Å²) >= 11 is 0. The Kier molecular flexibility index (Phi) is 12.8. The van der Waals surface area contributed by atoms with Gasteiger partial charge in [0.25, 0.3) is 5.91 Å². The second kappa shape index (κ2) is 17.2. The number of allylic oxidation sites excluding steroid dienone is 2. The maximum Gasteiger partial charge on any atom is 0.412 e. The smallest absolute Gasteiger partial charge is 0.412 e. The van der Waals surface area contributed by atoms with Gasteiger partial charge in [-0.25, -0.2) is 19.6 Å². The van der Waals surface area contributed by atoms with Crippen LogP contribution in [0.5, 0.6) is 0 Å². The second-order valence-corrected chi connectivity index (χ2v) is 12.1. The van der Waals surface area contributed by atoms with Crippen LogP contribution in [-0.2, 0) is 25.5 Å². The Morgan fingerprint density at radius 1 is 1.27 bits per heavy atom. The Morgan fingerprint density at radius 3 is 2.85 bits per heavy atom. The van der Waals surface area contributed by atoms with E-state index in [9.17, 15) is 24.3 Å². The summed E-state index contributed by atoms with van der Waals surface area (Å²) in [5.41, 5.74) is 1.51. The zero-order chi connectivity index (χ0) is 34.6. The van der Waals surface area contributed by atoms with Crippen LogP contribution < -0.4 is 10.6 Å². The quantitative estimate of drug-likeness (QED) is 0.319. The number of nitrogens with one attached hydrogen (secondary N) is 2. The number of fused-ring (bicyclic) bond motifs is 3. The monoisotopic (exact) mass is 661 g/mol. The first-order chi connectivity index (χ1) is 23.0. The molecular weight excluding hydrogens is 618 g/mol. The molecule has 1 saturated heterocycles. The zero-order valence-corrected chi connectivity index (χ0v) is 27.5. The van der Waals surface area contributed by atoms with Crippen molar-refractivity contribution >= 4 is 29.7 Å². The van der Waals surface area contributed by atoms with Crippen LogP contribution in [0, 0.1) is 11.8 Å². The highest BCUT2D eigenvalue weighted by atomic mass is 16.6. The third-order valence-electron chi connectivity index (χ3n) is 7.94. The lowest BCUT2D eigenvalue weighted by Crippen LogP contribution is -2.44. The van der Waals surface area contributed by atoms with Crippen molar-refractivity contribution in [1.29, 1.82) is 0 Å². The summed E-state index contributed by atoms with van der Waals surface area (Å²) in [5, 5.41) is 15.8. The van der Waals surface area contributed by atoms with E-state index in [1.165, 1.54) is 23.4 Å². The number of pyridine rings is 1. The van der Waals surface area contributed by atoms with Crippen molar-refractivity contribution in [3.05, 3.63) is 90.3 Å². The van der Waals surface area contributed by atoms with Crippen LogP contribution >= 0.6 is 0 Å². The van der Waals surface area contributed by atoms with Gasteiger partial charge >= 0.3 is 12.1 Å². The highest BCUT2D eigenvalue weighted by Gasteiger charge is 2.39. The van der Waals surface area contributed by atoms with Gasteiger partial charge in [-0.05, 0) is 44.4 Å². The fourth-order valence-electron chi connectivity index (χ4n) is 5.54. The maximum absolute atomic E-state index is 13.6. The number of nitrogens with zero attached hydrogens (tertiary/aromatic N) is 3. The van der Waals surface area contributed by atoms with Crippen LogP contribution in [0.4, 0.5) is 10.6 Å². The molecule has 13 heteroatoms. The van der Waals surface area contributed by atoms with E-state index in [-0.39, 0.29) is 43.5 Å². The molecule has 256 valence electrons. The largest absolute Gasteiger partial charge is 0.460 e. The Morgan fingerprint density at radius 2 is 2.08 bits per heavy atom. The van der Waals surface area contributed by atoms with Crippen LogP contribution in [0.25, 0.3) is 0 Å². The van der Waals surface area contributed by atoms with Crippen LogP contribution in [0.3, 0.4) is 0 Å². The number of carbonyl (C=O) groups excluding carboxylic acids is 4. The molecule has 0 unspecified atom stereocenters. The summed E-state index contributed by atoms with van der Waals surface area (Å²) < 4.78 is 17.0. The van der Waals surface area contributed by atoms with Gasteiger partial charge in [-0.15, -0.1) is 0 Å². The highest BCUT2D eigenvalue weighted by molar-refractivity contribution is 5.95. The maximum atomic E-state index is 13.6. The lowest BCUT2D eigenvalue weighted by atomic mass is 9.93. The molecule has 0 spiro atoms. The van der Waals surface area contributed by atoms with E-state index in [4.69, 9.17) is 13.9 Å². The number of amides is 3. The van der Waals surface area contributed by atoms with Gasteiger partial charge in [-0.1, -0.05) is 61.9 Å². The zero-order valence-electron chi connectivity index (χ0n) is 27.5. The molecule has 2 aliphatic rings. The molecule has 2 aliphatic heterocycles. The molecule has 1 fully saturated rings. The standard InChI is InChI=1S/C35H43N5O8/c1-22-9-7-15-37-30(42)13-12-24(3)32(25(4)20-47-35(45)39-29-11-5-6-14-36-29)48-34(44)28-10-8-16-40(28)33(43)27-21-46-31(38-27)19-23(2)18-26(41)17-22/h5-7,9,11-14,17,21,24-26,28,32,41H,2,8,10,15-16,18-20H2,1,3-4H3,(H,37,42)(H,36,39,45)/b9-7+,13-12+,22-17+/t24-,25+,26-,28-,32+/m1/s1. The van der Waals surface area contributed by atoms with E-state index >= 15 is 0 Å². The molecule has 2 aromatic heterocycles. The highest BCUT2D eigenvalue weighted by Crippen LogP contribution is 2.26. The lowest BCUT2D eigenvalue weighted by molar-refractivity contribution is -0.159. The number of carbonyl (C=O) groups is 4. The number of rotatable bonds is 4. The molecule has 4 heterocycles. The van der Waals surface area contributed by atoms with Crippen LogP contribution in [0.15, 0.2) is 83.2 Å². The Balaban J connectivity index is 1.54. The van der Waals surface area contributed by atoms with Crippen LogP contribution in [0.1, 0.15) is 56.4 Å². The molecule has 2 aromatic rings. The van der Waals surface area contributed by atoms with E-state index in [2.05, 4.69) is 27.2 Å². The number of hydrogen-bond acceptors (Lipinski definition) is 10. The summed E-state index contributed by atoms with van der Waals surface area (Å²) in [6.45, 7) is 9.87. The third-order valence-corrected chi connectivity index (χ3v) is 7.94. The Bertz CT molecular complexity index is 1550. The van der Waals surface area contributed by atoms with Crippen molar-refractivity contribution in [2.45, 2.75) is 64.7 Å². The van der Waals surface area contributed by atoms with Gasteiger partial charge in [-0.3, -0.25) is 14.9 Å². The number of cyclic esters (lactones) is 1. The van der Waals surface area contributed by atoms with Crippen LogP contribution in [0.2, 0.25) is 0 Å². The summed E-state index contributed by atoms with van der Waals surface area (Å²) in [5.74, 6) is -1.82. The Hall–Kier alpha value is -5.04. The van der Waals surface area contributed by atoms with Crippen molar-refractivity contribution in [3.8, 4) is 0 Å². The number of ether oxygens (including phenoxy) is 2. The van der Waals surface area contributed by atoms with Gasteiger partial charge in [-0.2, -0.15) is 0 Å². The molecule has 3 N–H and O–H groups in total. The van der Waals surface area contributed by atoms with E-state index in [0.29, 0.717) is 30.8 Å². The van der Waals surface area contributed by atoms with E-state index < -0.39 is 48.1 Å². The van der Waals surface area contributed by atoms with Gasteiger partial charge in [0.05, 0.1) is 12.7 Å². The first kappa shape index (κ1) is 35.8. The number of aliphatic hydroxyl groups is 1. The normalized spacial score (nSPS) is 26.2. The van der Waals surface area contributed by atoms with Gasteiger partial charge in [0.2, 0.25) is 5.91 Å². The summed E-state index contributed by atoms with van der Waals surface area (Å²) in [7, 11) is 0.